The normalized spacial score (nSPS) is 18.1. The molecule has 0 saturated carbocycles. The molecule has 1 fully saturated rings. The van der Waals surface area contributed by atoms with Gasteiger partial charge in [0.2, 0.25) is 5.91 Å². The van der Waals surface area contributed by atoms with Gasteiger partial charge in [-0.3, -0.25) is 9.59 Å². The average Bonchev–Trinajstić information content (AvgIpc) is 2.83. The minimum Gasteiger partial charge on any atom is -0.331 e. The van der Waals surface area contributed by atoms with E-state index >= 15 is 4.39 Å². The number of likely N-dealkylation sites (tertiary alicyclic amines) is 1. The van der Waals surface area contributed by atoms with Gasteiger partial charge in [-0.2, -0.15) is 0 Å². The van der Waals surface area contributed by atoms with E-state index in [4.69, 9.17) is 0 Å². The molecule has 1 N–H and O–H groups in total. The molecule has 2 atom stereocenters. The first-order chi connectivity index (χ1) is 17.1. The second-order valence-corrected chi connectivity index (χ2v) is 10.8. The van der Waals surface area contributed by atoms with E-state index in [-0.39, 0.29) is 17.2 Å². The molecule has 1 aliphatic heterocycles. The molecule has 5 heteroatoms. The molecule has 0 bridgehead atoms. The van der Waals surface area contributed by atoms with Gasteiger partial charge in [0.05, 0.1) is 12.0 Å². The molecule has 1 aliphatic rings. The number of nitrogens with zero attached hydrogens (tertiary/aromatic N) is 1. The number of aryl methyl sites for hydroxylation is 2. The van der Waals surface area contributed by atoms with Gasteiger partial charge in [-0.25, -0.2) is 4.39 Å². The van der Waals surface area contributed by atoms with Crippen molar-refractivity contribution in [2.24, 2.45) is 5.92 Å². The third kappa shape index (κ3) is 5.20. The third-order valence-electron chi connectivity index (χ3n) is 7.14. The van der Waals surface area contributed by atoms with Crippen molar-refractivity contribution in [1.29, 1.82) is 0 Å². The number of nitrogens with one attached hydrogen (secondary N) is 1. The van der Waals surface area contributed by atoms with Crippen LogP contribution in [-0.2, 0) is 10.2 Å². The van der Waals surface area contributed by atoms with Crippen LogP contribution in [0.4, 0.5) is 10.1 Å². The summed E-state index contributed by atoms with van der Waals surface area (Å²) in [6.45, 7) is 10.7. The highest BCUT2D eigenvalue weighted by atomic mass is 19.1. The van der Waals surface area contributed by atoms with Crippen LogP contribution >= 0.6 is 0 Å². The van der Waals surface area contributed by atoms with Crippen molar-refractivity contribution >= 4 is 17.5 Å². The lowest BCUT2D eigenvalue weighted by Crippen LogP contribution is -2.47. The van der Waals surface area contributed by atoms with E-state index in [0.717, 1.165) is 16.7 Å². The van der Waals surface area contributed by atoms with E-state index in [1.165, 1.54) is 6.07 Å². The highest BCUT2D eigenvalue weighted by Gasteiger charge is 2.41. The summed E-state index contributed by atoms with van der Waals surface area (Å²) >= 11 is 0. The van der Waals surface area contributed by atoms with Crippen LogP contribution in [0.25, 0.3) is 0 Å². The van der Waals surface area contributed by atoms with E-state index in [1.54, 1.807) is 23.1 Å². The molecule has 4 rings (SSSR count). The average molecular weight is 487 g/mol. The Morgan fingerprint density at radius 3 is 2.28 bits per heavy atom. The van der Waals surface area contributed by atoms with Crippen molar-refractivity contribution in [3.05, 3.63) is 100 Å². The predicted octanol–water partition coefficient (Wildman–Crippen LogP) is 6.97. The fourth-order valence-electron chi connectivity index (χ4n) is 5.19. The van der Waals surface area contributed by atoms with Crippen LogP contribution in [0.1, 0.15) is 72.3 Å². The molecule has 188 valence electrons. The van der Waals surface area contributed by atoms with E-state index in [9.17, 15) is 9.59 Å². The zero-order chi connectivity index (χ0) is 26.0. The molecule has 0 aromatic heterocycles. The van der Waals surface area contributed by atoms with E-state index in [1.807, 2.05) is 56.3 Å². The second-order valence-electron chi connectivity index (χ2n) is 10.8. The summed E-state index contributed by atoms with van der Waals surface area (Å²) in [5, 5.41) is 3.07. The van der Waals surface area contributed by atoms with Gasteiger partial charge in [0.1, 0.15) is 5.82 Å². The highest BCUT2D eigenvalue weighted by Crippen LogP contribution is 2.39. The number of carbonyl (C=O) groups excluding carboxylic acids is 2. The maximum Gasteiger partial charge on any atom is 0.254 e. The van der Waals surface area contributed by atoms with Gasteiger partial charge < -0.3 is 10.2 Å². The van der Waals surface area contributed by atoms with Gasteiger partial charge in [0, 0.05) is 23.4 Å². The van der Waals surface area contributed by atoms with Crippen LogP contribution in [0.3, 0.4) is 0 Å². The summed E-state index contributed by atoms with van der Waals surface area (Å²) in [7, 11) is 0. The van der Waals surface area contributed by atoms with Crippen LogP contribution in [0.5, 0.6) is 0 Å². The Kier molecular flexibility index (Phi) is 7.30. The summed E-state index contributed by atoms with van der Waals surface area (Å²) in [5.41, 5.74) is 4.50. The molecule has 36 heavy (non-hydrogen) atoms. The third-order valence-corrected chi connectivity index (χ3v) is 7.14. The standard InChI is InChI=1S/C31H35FN2O2/c1-20-11-8-12-21(2)27(20)30(36)34-18-10-16-25(28(34)24-15-6-7-17-26(24)32)29(35)33-23-14-9-13-22(19-23)31(3,4)5/h6-9,11-15,17,19,25,28H,10,16,18H2,1-5H3,(H,33,35)/t25?,28-/m0/s1. The molecule has 2 amide bonds. The lowest BCUT2D eigenvalue weighted by atomic mass is 9.82. The maximum absolute atomic E-state index is 15.1. The lowest BCUT2D eigenvalue weighted by Gasteiger charge is -2.41. The van der Waals surface area contributed by atoms with Crippen molar-refractivity contribution in [3.63, 3.8) is 0 Å². The van der Waals surface area contributed by atoms with Crippen LogP contribution in [0.2, 0.25) is 0 Å². The number of anilines is 1. The van der Waals surface area contributed by atoms with Crippen LogP contribution < -0.4 is 5.32 Å². The zero-order valence-corrected chi connectivity index (χ0v) is 21.8. The summed E-state index contributed by atoms with van der Waals surface area (Å²) < 4.78 is 15.1. The van der Waals surface area contributed by atoms with Gasteiger partial charge in [-0.05, 0) is 67.0 Å². The van der Waals surface area contributed by atoms with E-state index < -0.39 is 17.8 Å². The Bertz CT molecular complexity index is 1260. The molecule has 3 aromatic carbocycles. The molecule has 1 unspecified atom stereocenters. The molecule has 4 nitrogen and oxygen atoms in total. The Morgan fingerprint density at radius 1 is 0.944 bits per heavy atom. The van der Waals surface area contributed by atoms with Crippen molar-refractivity contribution in [2.75, 3.05) is 11.9 Å². The number of amides is 2. The molecule has 0 aliphatic carbocycles. The van der Waals surface area contributed by atoms with Crippen LogP contribution in [0.15, 0.2) is 66.7 Å². The number of rotatable bonds is 4. The van der Waals surface area contributed by atoms with E-state index in [0.29, 0.717) is 36.2 Å². The highest BCUT2D eigenvalue weighted by molar-refractivity contribution is 5.99. The summed E-state index contributed by atoms with van der Waals surface area (Å²) in [5.74, 6) is -1.35. The number of hydrogen-bond acceptors (Lipinski definition) is 2. The largest absolute Gasteiger partial charge is 0.331 e. The molecule has 1 heterocycles. The van der Waals surface area contributed by atoms with Crippen molar-refractivity contribution in [3.8, 4) is 0 Å². The van der Waals surface area contributed by atoms with E-state index in [2.05, 4.69) is 26.1 Å². The molecule has 3 aromatic rings. The maximum atomic E-state index is 15.1. The second kappa shape index (κ2) is 10.3. The SMILES string of the molecule is Cc1cccc(C)c1C(=O)N1CCCC(C(=O)Nc2cccc(C(C)(C)C)c2)[C@@H]1c1ccccc1F. The van der Waals surface area contributed by atoms with Gasteiger partial charge >= 0.3 is 0 Å². The van der Waals surface area contributed by atoms with Crippen LogP contribution in [0, 0.1) is 25.6 Å². The molecular formula is C31H35FN2O2. The molecule has 1 saturated heterocycles. The van der Waals surface area contributed by atoms with Crippen LogP contribution in [-0.4, -0.2) is 23.3 Å². The zero-order valence-electron chi connectivity index (χ0n) is 21.8. The number of carbonyl (C=O) groups is 2. The van der Waals surface area contributed by atoms with Gasteiger partial charge in [0.25, 0.3) is 5.91 Å². The minimum absolute atomic E-state index is 0.0596. The molecule has 0 radical (unpaired) electrons. The quantitative estimate of drug-likeness (QED) is 0.433. The number of piperidine rings is 1. The summed E-state index contributed by atoms with van der Waals surface area (Å²) in [6.07, 6.45) is 1.24. The lowest BCUT2D eigenvalue weighted by molar-refractivity contribution is -0.123. The minimum atomic E-state index is -0.697. The Labute approximate surface area is 213 Å². The fraction of sp³-hybridized carbons (Fsp3) is 0.355. The Morgan fingerprint density at radius 2 is 1.61 bits per heavy atom. The van der Waals surface area contributed by atoms with Crippen molar-refractivity contribution < 1.29 is 14.0 Å². The molecular weight excluding hydrogens is 451 g/mol. The molecule has 0 spiro atoms. The van der Waals surface area contributed by atoms with Gasteiger partial charge in [-0.15, -0.1) is 0 Å². The van der Waals surface area contributed by atoms with Crippen molar-refractivity contribution in [2.45, 2.75) is 58.9 Å². The Balaban J connectivity index is 1.72. The summed E-state index contributed by atoms with van der Waals surface area (Å²) in [6, 6.07) is 19.4. The first-order valence-corrected chi connectivity index (χ1v) is 12.6. The monoisotopic (exact) mass is 486 g/mol. The van der Waals surface area contributed by atoms with Gasteiger partial charge in [-0.1, -0.05) is 69.3 Å². The Hall–Kier alpha value is -3.47. The topological polar surface area (TPSA) is 49.4 Å². The first kappa shape index (κ1) is 25.6. The smallest absolute Gasteiger partial charge is 0.254 e. The van der Waals surface area contributed by atoms with Gasteiger partial charge in [0.15, 0.2) is 0 Å². The first-order valence-electron chi connectivity index (χ1n) is 12.6. The predicted molar refractivity (Wildman–Crippen MR) is 143 cm³/mol. The fourth-order valence-corrected chi connectivity index (χ4v) is 5.19. The summed E-state index contributed by atoms with van der Waals surface area (Å²) in [4.78, 5) is 29.3. The number of halogens is 1. The number of hydrogen-bond donors (Lipinski definition) is 1. The number of benzene rings is 3. The van der Waals surface area contributed by atoms with Crippen molar-refractivity contribution in [1.82, 2.24) is 4.90 Å².